The summed E-state index contributed by atoms with van der Waals surface area (Å²) in [5.41, 5.74) is 1.97. The molecule has 0 aliphatic heterocycles. The topological polar surface area (TPSA) is 110 Å². The van der Waals surface area contributed by atoms with Crippen molar-refractivity contribution in [1.82, 2.24) is 4.98 Å². The van der Waals surface area contributed by atoms with Crippen molar-refractivity contribution in [2.24, 2.45) is 10.2 Å². The lowest BCUT2D eigenvalue weighted by Gasteiger charge is -2.01. The van der Waals surface area contributed by atoms with Crippen molar-refractivity contribution in [2.75, 3.05) is 6.61 Å². The summed E-state index contributed by atoms with van der Waals surface area (Å²) in [6.07, 6.45) is 0. The van der Waals surface area contributed by atoms with Crippen LogP contribution < -0.4 is 0 Å². The van der Waals surface area contributed by atoms with Crippen LogP contribution in [-0.4, -0.2) is 22.5 Å². The Labute approximate surface area is 132 Å². The number of benzene rings is 1. The van der Waals surface area contributed by atoms with E-state index in [0.717, 1.165) is 0 Å². The molecule has 8 nitrogen and oxygen atoms in total. The second-order valence-electron chi connectivity index (χ2n) is 4.80. The van der Waals surface area contributed by atoms with Gasteiger partial charge in [-0.3, -0.25) is 10.1 Å². The fourth-order valence-corrected chi connectivity index (χ4v) is 2.12. The number of ether oxygens (including phenoxy) is 1. The number of carbonyl (C=O) groups excluding carboxylic acids is 1. The number of hydrogen-bond donors (Lipinski definition) is 1. The van der Waals surface area contributed by atoms with Gasteiger partial charge in [-0.25, -0.2) is 4.79 Å². The molecule has 2 aromatic rings. The molecule has 0 saturated heterocycles. The highest BCUT2D eigenvalue weighted by Gasteiger charge is 2.19. The molecule has 8 heteroatoms. The van der Waals surface area contributed by atoms with E-state index >= 15 is 0 Å². The van der Waals surface area contributed by atoms with Crippen molar-refractivity contribution >= 4 is 23.2 Å². The minimum Gasteiger partial charge on any atom is -0.462 e. The van der Waals surface area contributed by atoms with Crippen LogP contribution in [0.4, 0.5) is 17.2 Å². The molecule has 0 aliphatic carbocycles. The van der Waals surface area contributed by atoms with Crippen LogP contribution in [0.25, 0.3) is 0 Å². The molecule has 0 spiro atoms. The average Bonchev–Trinajstić information content (AvgIpc) is 2.80. The van der Waals surface area contributed by atoms with E-state index in [-0.39, 0.29) is 12.3 Å². The first kappa shape index (κ1) is 16.3. The number of non-ortho nitro benzene ring substituents is 1. The first-order valence-electron chi connectivity index (χ1n) is 6.96. The zero-order valence-electron chi connectivity index (χ0n) is 13.0. The second kappa shape index (κ2) is 6.82. The van der Waals surface area contributed by atoms with Crippen LogP contribution >= 0.6 is 0 Å². The molecule has 0 bridgehead atoms. The normalized spacial score (nSPS) is 10.9. The van der Waals surface area contributed by atoms with Crippen LogP contribution in [0.1, 0.15) is 28.5 Å². The number of carbonyl (C=O) groups is 1. The number of aromatic nitrogens is 1. The first-order valence-corrected chi connectivity index (χ1v) is 6.96. The highest BCUT2D eigenvalue weighted by molar-refractivity contribution is 5.94. The van der Waals surface area contributed by atoms with Crippen LogP contribution in [0, 0.1) is 24.0 Å². The molecule has 0 fully saturated rings. The Kier molecular flexibility index (Phi) is 4.85. The Morgan fingerprint density at radius 1 is 1.35 bits per heavy atom. The molecule has 0 radical (unpaired) electrons. The Morgan fingerprint density at radius 2 is 2.09 bits per heavy atom. The third-order valence-electron chi connectivity index (χ3n) is 3.20. The predicted molar refractivity (Wildman–Crippen MR) is 83.5 cm³/mol. The van der Waals surface area contributed by atoms with Crippen molar-refractivity contribution in [1.29, 1.82) is 0 Å². The number of rotatable bonds is 5. The Morgan fingerprint density at radius 3 is 2.74 bits per heavy atom. The number of H-pyrrole nitrogens is 1. The summed E-state index contributed by atoms with van der Waals surface area (Å²) >= 11 is 0. The van der Waals surface area contributed by atoms with E-state index in [9.17, 15) is 14.9 Å². The summed E-state index contributed by atoms with van der Waals surface area (Å²) < 4.78 is 5.00. The molecule has 0 aliphatic rings. The number of nitro groups is 1. The van der Waals surface area contributed by atoms with Gasteiger partial charge in [0.15, 0.2) is 5.82 Å². The highest BCUT2D eigenvalue weighted by atomic mass is 16.6. The van der Waals surface area contributed by atoms with Gasteiger partial charge in [0.1, 0.15) is 0 Å². The lowest BCUT2D eigenvalue weighted by Crippen LogP contribution is -2.06. The molecule has 120 valence electrons. The fraction of sp³-hybridized carbons (Fsp3) is 0.267. The molecule has 23 heavy (non-hydrogen) atoms. The number of hydrogen-bond acceptors (Lipinski definition) is 6. The van der Waals surface area contributed by atoms with Gasteiger partial charge in [0, 0.05) is 23.4 Å². The molecule has 0 amide bonds. The quantitative estimate of drug-likeness (QED) is 0.387. The fourth-order valence-electron chi connectivity index (χ4n) is 2.12. The number of aryl methyl sites for hydroxylation is 1. The lowest BCUT2D eigenvalue weighted by atomic mass is 10.1. The zero-order chi connectivity index (χ0) is 17.0. The summed E-state index contributed by atoms with van der Waals surface area (Å²) in [6, 6.07) is 5.83. The maximum atomic E-state index is 11.9. The number of nitro benzene ring substituents is 1. The largest absolute Gasteiger partial charge is 0.462 e. The van der Waals surface area contributed by atoms with Gasteiger partial charge in [-0.15, -0.1) is 10.2 Å². The summed E-state index contributed by atoms with van der Waals surface area (Å²) in [7, 11) is 0. The molecule has 0 saturated carbocycles. The van der Waals surface area contributed by atoms with E-state index in [1.54, 1.807) is 26.8 Å². The Bertz CT molecular complexity index is 780. The van der Waals surface area contributed by atoms with E-state index in [0.29, 0.717) is 28.3 Å². The molecule has 1 N–H and O–H groups in total. The molecule has 0 unspecified atom stereocenters. The SMILES string of the molecule is CCOC(=O)c1c(C)[nH]c(N=Nc2cccc([N+](=O)[O-])c2)c1C. The van der Waals surface area contributed by atoms with Gasteiger partial charge in [0.05, 0.1) is 22.8 Å². The standard InChI is InChI=1S/C15H16N4O4/c1-4-23-15(20)13-9(2)14(16-10(13)3)18-17-11-6-5-7-12(8-11)19(21)22/h5-8,16H,4H2,1-3H3. The molecule has 0 atom stereocenters. The third-order valence-corrected chi connectivity index (χ3v) is 3.20. The van der Waals surface area contributed by atoms with Gasteiger partial charge < -0.3 is 9.72 Å². The van der Waals surface area contributed by atoms with Crippen LogP contribution in [0.2, 0.25) is 0 Å². The van der Waals surface area contributed by atoms with Gasteiger partial charge in [-0.2, -0.15) is 0 Å². The molecule has 1 aromatic heterocycles. The lowest BCUT2D eigenvalue weighted by molar-refractivity contribution is -0.384. The van der Waals surface area contributed by atoms with E-state index < -0.39 is 10.9 Å². The van der Waals surface area contributed by atoms with Gasteiger partial charge >= 0.3 is 5.97 Å². The first-order chi connectivity index (χ1) is 10.9. The van der Waals surface area contributed by atoms with Crippen LogP contribution in [0.15, 0.2) is 34.5 Å². The van der Waals surface area contributed by atoms with E-state index in [1.165, 1.54) is 18.2 Å². The second-order valence-corrected chi connectivity index (χ2v) is 4.80. The predicted octanol–water partition coefficient (Wildman–Crippen LogP) is 4.13. The number of nitrogens with one attached hydrogen (secondary N) is 1. The summed E-state index contributed by atoms with van der Waals surface area (Å²) in [6.45, 7) is 5.49. The van der Waals surface area contributed by atoms with Crippen molar-refractivity contribution in [2.45, 2.75) is 20.8 Å². The van der Waals surface area contributed by atoms with Gasteiger partial charge in [0.25, 0.3) is 5.69 Å². The minimum atomic E-state index is -0.498. The number of aromatic amines is 1. The highest BCUT2D eigenvalue weighted by Crippen LogP contribution is 2.28. The van der Waals surface area contributed by atoms with E-state index in [4.69, 9.17) is 4.74 Å². The molecule has 1 heterocycles. The summed E-state index contributed by atoms with van der Waals surface area (Å²) in [4.78, 5) is 25.1. The summed E-state index contributed by atoms with van der Waals surface area (Å²) in [5, 5.41) is 18.8. The molecule has 2 rings (SSSR count). The van der Waals surface area contributed by atoms with Crippen molar-refractivity contribution < 1.29 is 14.5 Å². The molecule has 1 aromatic carbocycles. The van der Waals surface area contributed by atoms with Crippen molar-refractivity contribution in [3.05, 3.63) is 51.2 Å². The Balaban J connectivity index is 2.30. The monoisotopic (exact) mass is 316 g/mol. The van der Waals surface area contributed by atoms with Crippen molar-refractivity contribution in [3.8, 4) is 0 Å². The Hall–Kier alpha value is -3.03. The minimum absolute atomic E-state index is 0.0620. The van der Waals surface area contributed by atoms with Gasteiger partial charge in [-0.05, 0) is 26.8 Å². The summed E-state index contributed by atoms with van der Waals surface area (Å²) in [5.74, 6) is -0.00684. The number of nitrogens with zero attached hydrogens (tertiary/aromatic N) is 3. The zero-order valence-corrected chi connectivity index (χ0v) is 13.0. The number of esters is 1. The van der Waals surface area contributed by atoms with Crippen LogP contribution in [0.3, 0.4) is 0 Å². The maximum Gasteiger partial charge on any atom is 0.340 e. The molecular weight excluding hydrogens is 300 g/mol. The smallest absolute Gasteiger partial charge is 0.340 e. The molecular formula is C15H16N4O4. The third kappa shape index (κ3) is 3.60. The van der Waals surface area contributed by atoms with Gasteiger partial charge in [-0.1, -0.05) is 6.07 Å². The number of azo groups is 1. The van der Waals surface area contributed by atoms with Crippen LogP contribution in [0.5, 0.6) is 0 Å². The van der Waals surface area contributed by atoms with Crippen molar-refractivity contribution in [3.63, 3.8) is 0 Å². The maximum absolute atomic E-state index is 11.9. The van der Waals surface area contributed by atoms with E-state index in [2.05, 4.69) is 15.2 Å². The van der Waals surface area contributed by atoms with Gasteiger partial charge in [0.2, 0.25) is 0 Å². The van der Waals surface area contributed by atoms with Crippen LogP contribution in [-0.2, 0) is 4.74 Å². The van der Waals surface area contributed by atoms with E-state index in [1.807, 2.05) is 0 Å². The average molecular weight is 316 g/mol.